The van der Waals surface area contributed by atoms with E-state index >= 15 is 0 Å². The summed E-state index contributed by atoms with van der Waals surface area (Å²) in [6, 6.07) is 20.8. The summed E-state index contributed by atoms with van der Waals surface area (Å²) in [6.45, 7) is 13.8. The lowest BCUT2D eigenvalue weighted by Crippen LogP contribution is -2.35. The molecule has 3 aromatic carbocycles. The summed E-state index contributed by atoms with van der Waals surface area (Å²) in [7, 11) is -0.168. The van der Waals surface area contributed by atoms with E-state index in [1.807, 2.05) is 0 Å². The first-order chi connectivity index (χ1) is 23.8. The van der Waals surface area contributed by atoms with Crippen LogP contribution < -0.4 is 9.80 Å². The first-order valence-corrected chi connectivity index (χ1v) is 21.0. The Labute approximate surface area is 299 Å². The average molecular weight is 671 g/mol. The molecule has 49 heavy (non-hydrogen) atoms. The molecule has 1 atom stereocenters. The van der Waals surface area contributed by atoms with Gasteiger partial charge in [-0.3, -0.25) is 0 Å². The van der Waals surface area contributed by atoms with E-state index in [2.05, 4.69) is 124 Å². The normalized spacial score (nSPS) is 21.9. The van der Waals surface area contributed by atoms with Crippen molar-refractivity contribution in [2.24, 2.45) is 0 Å². The highest BCUT2D eigenvalue weighted by molar-refractivity contribution is 7.60. The van der Waals surface area contributed by atoms with Crippen LogP contribution in [-0.4, -0.2) is 17.0 Å². The van der Waals surface area contributed by atoms with Crippen molar-refractivity contribution >= 4 is 25.4 Å². The van der Waals surface area contributed by atoms with Gasteiger partial charge in [0, 0.05) is 23.6 Å². The first kappa shape index (κ1) is 34.4. The summed E-state index contributed by atoms with van der Waals surface area (Å²) in [5.41, 5.74) is 17.9. The van der Waals surface area contributed by atoms with Gasteiger partial charge in [0.25, 0.3) is 0 Å². The predicted octanol–water partition coefficient (Wildman–Crippen LogP) is 13.3. The Morgan fingerprint density at radius 3 is 1.51 bits per heavy atom. The molecule has 7 rings (SSSR count). The van der Waals surface area contributed by atoms with Crippen molar-refractivity contribution in [1.29, 1.82) is 0 Å². The molecule has 3 heteroatoms. The standard InChI is InChI=1S/C46H59N2P/c1-32-27-34(3)44(35(4)28-32)47-25-26-48(45-36(5)29-33(2)30-37(45)6)46(47)43-39(31-38-17-10-7-11-18-38)19-16-24-42(43)49(40-20-12-8-13-21-40)41-22-14-9-15-23-41/h7,10-11,17-18,25-31,40-42H,8-9,12-16,19-24H2,1-6H3. The lowest BCUT2D eigenvalue weighted by molar-refractivity contribution is 0.479. The van der Waals surface area contributed by atoms with E-state index in [0.29, 0.717) is 5.66 Å². The van der Waals surface area contributed by atoms with Crippen molar-refractivity contribution in [3.63, 3.8) is 0 Å². The number of benzene rings is 3. The summed E-state index contributed by atoms with van der Waals surface area (Å²) in [5.74, 6) is 1.41. The molecule has 0 radical (unpaired) electrons. The zero-order valence-corrected chi connectivity index (χ0v) is 32.1. The monoisotopic (exact) mass is 670 g/mol. The lowest BCUT2D eigenvalue weighted by atomic mass is 9.86. The molecule has 3 saturated carbocycles. The summed E-state index contributed by atoms with van der Waals surface area (Å²) in [5, 5.41) is 0. The van der Waals surface area contributed by atoms with Gasteiger partial charge in [-0.1, -0.05) is 118 Å². The SMILES string of the molecule is Cc1cc(C)c(N2C=CN(c3c(C)cc(C)cc3C)C2=C2C(=Cc3ccccc3)CCCC2P(C2CCCCC2)C2CCCCC2)c(C)c1. The Bertz CT molecular complexity index is 1600. The first-order valence-electron chi connectivity index (χ1n) is 19.5. The Morgan fingerprint density at radius 2 is 1.04 bits per heavy atom. The molecule has 4 aliphatic rings. The van der Waals surface area contributed by atoms with Crippen molar-refractivity contribution < 1.29 is 0 Å². The smallest absolute Gasteiger partial charge is 0.126 e. The van der Waals surface area contributed by atoms with Gasteiger partial charge in [0.1, 0.15) is 5.82 Å². The van der Waals surface area contributed by atoms with E-state index in [4.69, 9.17) is 0 Å². The summed E-state index contributed by atoms with van der Waals surface area (Å²) >= 11 is 0. The van der Waals surface area contributed by atoms with Gasteiger partial charge < -0.3 is 9.80 Å². The van der Waals surface area contributed by atoms with Gasteiger partial charge in [-0.15, -0.1) is 0 Å². The number of hydrogen-bond donors (Lipinski definition) is 0. The molecule has 2 nitrogen and oxygen atoms in total. The molecule has 1 heterocycles. The molecule has 0 spiro atoms. The van der Waals surface area contributed by atoms with Gasteiger partial charge in [-0.25, -0.2) is 0 Å². The van der Waals surface area contributed by atoms with E-state index in [0.717, 1.165) is 17.7 Å². The fraction of sp³-hybridized carbons (Fsp3) is 0.478. The predicted molar refractivity (Wildman–Crippen MR) is 215 cm³/mol. The fourth-order valence-electron chi connectivity index (χ4n) is 10.2. The quantitative estimate of drug-likeness (QED) is 0.241. The van der Waals surface area contributed by atoms with Crippen LogP contribution in [0.3, 0.4) is 0 Å². The van der Waals surface area contributed by atoms with Crippen LogP contribution in [0.25, 0.3) is 6.08 Å². The van der Waals surface area contributed by atoms with Crippen LogP contribution in [0.5, 0.6) is 0 Å². The van der Waals surface area contributed by atoms with Crippen molar-refractivity contribution in [2.45, 2.75) is 142 Å². The number of hydrogen-bond acceptors (Lipinski definition) is 2. The van der Waals surface area contributed by atoms with Crippen molar-refractivity contribution in [2.75, 3.05) is 9.80 Å². The molecule has 0 saturated heterocycles. The van der Waals surface area contributed by atoms with Gasteiger partial charge in [0.05, 0.1) is 11.4 Å². The minimum Gasteiger partial charge on any atom is -0.301 e. The fourth-order valence-corrected chi connectivity index (χ4v) is 14.7. The number of anilines is 2. The van der Waals surface area contributed by atoms with E-state index < -0.39 is 0 Å². The van der Waals surface area contributed by atoms with Crippen LogP contribution >= 0.6 is 7.92 Å². The molecule has 3 aromatic rings. The maximum absolute atomic E-state index is 2.63. The molecule has 3 aliphatic carbocycles. The van der Waals surface area contributed by atoms with E-state index in [9.17, 15) is 0 Å². The number of allylic oxidation sites excluding steroid dienone is 2. The summed E-state index contributed by atoms with van der Waals surface area (Å²) in [6.07, 6.45) is 25.6. The molecular weight excluding hydrogens is 611 g/mol. The molecular formula is C46H59N2P. The van der Waals surface area contributed by atoms with Crippen molar-refractivity contribution in [3.8, 4) is 0 Å². The Hall–Kier alpha value is -3.09. The van der Waals surface area contributed by atoms with Crippen LogP contribution in [0.15, 0.2) is 84.0 Å². The van der Waals surface area contributed by atoms with Crippen LogP contribution in [0.1, 0.15) is 122 Å². The Morgan fingerprint density at radius 1 is 0.571 bits per heavy atom. The van der Waals surface area contributed by atoms with Gasteiger partial charge in [-0.2, -0.15) is 0 Å². The number of nitrogens with zero attached hydrogens (tertiary/aromatic N) is 2. The second-order valence-electron chi connectivity index (χ2n) is 15.8. The van der Waals surface area contributed by atoms with Crippen LogP contribution in [0, 0.1) is 41.5 Å². The molecule has 0 N–H and O–H groups in total. The molecule has 0 bridgehead atoms. The van der Waals surface area contributed by atoms with Crippen LogP contribution in [0.4, 0.5) is 11.4 Å². The van der Waals surface area contributed by atoms with Crippen LogP contribution in [-0.2, 0) is 0 Å². The minimum absolute atomic E-state index is 0.168. The Kier molecular flexibility index (Phi) is 10.5. The molecule has 0 aromatic heterocycles. The number of rotatable bonds is 6. The maximum Gasteiger partial charge on any atom is 0.126 e. The molecule has 0 amide bonds. The third-order valence-electron chi connectivity index (χ3n) is 11.9. The highest BCUT2D eigenvalue weighted by atomic mass is 31.1. The zero-order valence-electron chi connectivity index (χ0n) is 31.2. The average Bonchev–Trinajstić information content (AvgIpc) is 3.49. The van der Waals surface area contributed by atoms with Gasteiger partial charge in [0.2, 0.25) is 0 Å². The van der Waals surface area contributed by atoms with E-state index in [1.54, 1.807) is 11.1 Å². The summed E-state index contributed by atoms with van der Waals surface area (Å²) < 4.78 is 0. The second kappa shape index (κ2) is 15.0. The maximum atomic E-state index is 2.63. The molecule has 1 aliphatic heterocycles. The Balaban J connectivity index is 1.52. The van der Waals surface area contributed by atoms with Gasteiger partial charge in [-0.05, 0) is 131 Å². The van der Waals surface area contributed by atoms with Gasteiger partial charge >= 0.3 is 0 Å². The minimum atomic E-state index is -0.168. The van der Waals surface area contributed by atoms with Crippen molar-refractivity contribution in [3.05, 3.63) is 123 Å². The highest BCUT2D eigenvalue weighted by Gasteiger charge is 2.43. The van der Waals surface area contributed by atoms with E-state index in [-0.39, 0.29) is 7.92 Å². The van der Waals surface area contributed by atoms with E-state index in [1.165, 1.54) is 133 Å². The molecule has 3 fully saturated rings. The highest BCUT2D eigenvalue weighted by Crippen LogP contribution is 2.64. The number of aryl methyl sites for hydroxylation is 6. The third kappa shape index (κ3) is 7.10. The van der Waals surface area contributed by atoms with Crippen LogP contribution in [0.2, 0.25) is 0 Å². The van der Waals surface area contributed by atoms with Crippen molar-refractivity contribution in [1.82, 2.24) is 0 Å². The third-order valence-corrected chi connectivity index (χ3v) is 15.9. The summed E-state index contributed by atoms with van der Waals surface area (Å²) in [4.78, 5) is 5.26. The largest absolute Gasteiger partial charge is 0.301 e. The lowest BCUT2D eigenvalue weighted by Gasteiger charge is -2.47. The zero-order chi connectivity index (χ0) is 34.1. The molecule has 258 valence electrons. The topological polar surface area (TPSA) is 6.48 Å². The second-order valence-corrected chi connectivity index (χ2v) is 18.8. The molecule has 1 unspecified atom stereocenters. The van der Waals surface area contributed by atoms with Gasteiger partial charge in [0.15, 0.2) is 0 Å².